The molecule has 2 aromatic rings. The SMILES string of the molecule is CNCc1cc(Br)ccc1N(C)C(C)c1cccc(Cl)c1. The van der Waals surface area contributed by atoms with Crippen LogP contribution in [0.25, 0.3) is 0 Å². The number of hydrogen-bond acceptors (Lipinski definition) is 2. The van der Waals surface area contributed by atoms with Gasteiger partial charge in [-0.1, -0.05) is 39.7 Å². The number of halogens is 2. The summed E-state index contributed by atoms with van der Waals surface area (Å²) in [6, 6.07) is 14.7. The zero-order chi connectivity index (χ0) is 15.4. The molecule has 0 fully saturated rings. The average Bonchev–Trinajstić information content (AvgIpc) is 2.46. The van der Waals surface area contributed by atoms with E-state index < -0.39 is 0 Å². The predicted molar refractivity (Wildman–Crippen MR) is 95.2 cm³/mol. The van der Waals surface area contributed by atoms with Crippen LogP contribution in [0.15, 0.2) is 46.9 Å². The molecule has 0 saturated heterocycles. The number of hydrogen-bond donors (Lipinski definition) is 1. The summed E-state index contributed by atoms with van der Waals surface area (Å²) in [6.07, 6.45) is 0. The Labute approximate surface area is 140 Å². The fourth-order valence-corrected chi connectivity index (χ4v) is 3.04. The molecule has 0 aliphatic carbocycles. The molecule has 2 aromatic carbocycles. The molecule has 1 N–H and O–H groups in total. The fraction of sp³-hybridized carbons (Fsp3) is 0.294. The Morgan fingerprint density at radius 1 is 1.24 bits per heavy atom. The van der Waals surface area contributed by atoms with Crippen molar-refractivity contribution in [2.75, 3.05) is 19.0 Å². The van der Waals surface area contributed by atoms with Gasteiger partial charge in [-0.2, -0.15) is 0 Å². The molecule has 0 aromatic heterocycles. The van der Waals surface area contributed by atoms with E-state index in [1.54, 1.807) is 0 Å². The van der Waals surface area contributed by atoms with Gasteiger partial charge in [0.2, 0.25) is 0 Å². The molecule has 0 aliphatic rings. The van der Waals surface area contributed by atoms with Crippen LogP contribution in [0.2, 0.25) is 5.02 Å². The predicted octanol–water partition coefficient (Wildman–Crippen LogP) is 5.02. The molecular weight excluding hydrogens is 348 g/mol. The molecule has 112 valence electrons. The lowest BCUT2D eigenvalue weighted by molar-refractivity contribution is 0.726. The van der Waals surface area contributed by atoms with Crippen LogP contribution in [0.3, 0.4) is 0 Å². The van der Waals surface area contributed by atoms with Crippen molar-refractivity contribution in [1.29, 1.82) is 0 Å². The van der Waals surface area contributed by atoms with Crippen LogP contribution in [-0.2, 0) is 6.54 Å². The van der Waals surface area contributed by atoms with Crippen molar-refractivity contribution in [1.82, 2.24) is 5.32 Å². The second-order valence-electron chi connectivity index (χ2n) is 5.15. The number of nitrogens with one attached hydrogen (secondary N) is 1. The Morgan fingerprint density at radius 2 is 2.00 bits per heavy atom. The molecular formula is C17H20BrClN2. The number of benzene rings is 2. The molecule has 0 bridgehead atoms. The lowest BCUT2D eigenvalue weighted by Gasteiger charge is -2.29. The molecule has 21 heavy (non-hydrogen) atoms. The lowest BCUT2D eigenvalue weighted by atomic mass is 10.0. The van der Waals surface area contributed by atoms with Gasteiger partial charge in [-0.25, -0.2) is 0 Å². The summed E-state index contributed by atoms with van der Waals surface area (Å²) in [6.45, 7) is 3.03. The van der Waals surface area contributed by atoms with E-state index in [9.17, 15) is 0 Å². The first-order valence-electron chi connectivity index (χ1n) is 6.94. The molecule has 0 spiro atoms. The second kappa shape index (κ2) is 7.30. The third kappa shape index (κ3) is 4.00. The number of nitrogens with zero attached hydrogens (tertiary/aromatic N) is 1. The summed E-state index contributed by atoms with van der Waals surface area (Å²) in [7, 11) is 4.08. The van der Waals surface area contributed by atoms with Gasteiger partial charge >= 0.3 is 0 Å². The highest BCUT2D eigenvalue weighted by Gasteiger charge is 2.15. The fourth-order valence-electron chi connectivity index (χ4n) is 2.43. The summed E-state index contributed by atoms with van der Waals surface area (Å²) < 4.78 is 1.10. The zero-order valence-electron chi connectivity index (χ0n) is 12.5. The third-order valence-corrected chi connectivity index (χ3v) is 4.43. The van der Waals surface area contributed by atoms with E-state index in [2.05, 4.69) is 64.4 Å². The minimum atomic E-state index is 0.250. The highest BCUT2D eigenvalue weighted by atomic mass is 79.9. The second-order valence-corrected chi connectivity index (χ2v) is 6.50. The van der Waals surface area contributed by atoms with E-state index in [1.165, 1.54) is 16.8 Å². The van der Waals surface area contributed by atoms with Gasteiger partial charge in [0, 0.05) is 28.8 Å². The molecule has 0 amide bonds. The molecule has 0 heterocycles. The molecule has 1 unspecified atom stereocenters. The summed E-state index contributed by atoms with van der Waals surface area (Å²) in [5, 5.41) is 4.00. The molecule has 2 rings (SSSR count). The molecule has 4 heteroatoms. The van der Waals surface area contributed by atoms with E-state index in [0.29, 0.717) is 0 Å². The third-order valence-electron chi connectivity index (χ3n) is 3.70. The Kier molecular flexibility index (Phi) is 5.68. The van der Waals surface area contributed by atoms with Crippen LogP contribution in [0, 0.1) is 0 Å². The van der Waals surface area contributed by atoms with Crippen molar-refractivity contribution in [2.24, 2.45) is 0 Å². The zero-order valence-corrected chi connectivity index (χ0v) is 14.9. The van der Waals surface area contributed by atoms with Crippen LogP contribution in [0.4, 0.5) is 5.69 Å². The molecule has 0 aliphatic heterocycles. The highest BCUT2D eigenvalue weighted by molar-refractivity contribution is 9.10. The van der Waals surface area contributed by atoms with Crippen molar-refractivity contribution >= 4 is 33.2 Å². The minimum Gasteiger partial charge on any atom is -0.368 e. The molecule has 2 nitrogen and oxygen atoms in total. The maximum atomic E-state index is 6.11. The number of rotatable bonds is 5. The monoisotopic (exact) mass is 366 g/mol. The number of anilines is 1. The van der Waals surface area contributed by atoms with Crippen LogP contribution in [-0.4, -0.2) is 14.1 Å². The standard InChI is InChI=1S/C17H20BrClN2/c1-12(13-5-4-6-16(19)10-13)21(3)17-8-7-15(18)9-14(17)11-20-2/h4-10,12,20H,11H2,1-3H3. The van der Waals surface area contributed by atoms with Gasteiger partial charge in [-0.05, 0) is 55.4 Å². The molecule has 1 atom stereocenters. The van der Waals surface area contributed by atoms with Crippen LogP contribution in [0.5, 0.6) is 0 Å². The van der Waals surface area contributed by atoms with E-state index in [1.807, 2.05) is 25.2 Å². The Morgan fingerprint density at radius 3 is 2.67 bits per heavy atom. The summed E-state index contributed by atoms with van der Waals surface area (Å²) in [5.41, 5.74) is 3.70. The Bertz CT molecular complexity index is 615. The Balaban J connectivity index is 2.32. The van der Waals surface area contributed by atoms with Gasteiger partial charge in [-0.15, -0.1) is 0 Å². The smallest absolute Gasteiger partial charge is 0.0511 e. The lowest BCUT2D eigenvalue weighted by Crippen LogP contribution is -2.23. The van der Waals surface area contributed by atoms with E-state index >= 15 is 0 Å². The van der Waals surface area contributed by atoms with Crippen molar-refractivity contribution in [3.63, 3.8) is 0 Å². The van der Waals surface area contributed by atoms with Crippen LogP contribution < -0.4 is 10.2 Å². The van der Waals surface area contributed by atoms with Gasteiger partial charge in [0.15, 0.2) is 0 Å². The first-order valence-corrected chi connectivity index (χ1v) is 8.11. The van der Waals surface area contributed by atoms with Crippen molar-refractivity contribution in [2.45, 2.75) is 19.5 Å². The molecule has 0 saturated carbocycles. The van der Waals surface area contributed by atoms with E-state index in [-0.39, 0.29) is 6.04 Å². The van der Waals surface area contributed by atoms with E-state index in [4.69, 9.17) is 11.6 Å². The molecule has 0 radical (unpaired) electrons. The van der Waals surface area contributed by atoms with Crippen molar-refractivity contribution in [3.8, 4) is 0 Å². The van der Waals surface area contributed by atoms with Gasteiger partial charge in [0.25, 0.3) is 0 Å². The van der Waals surface area contributed by atoms with Gasteiger partial charge in [0.1, 0.15) is 0 Å². The maximum Gasteiger partial charge on any atom is 0.0511 e. The summed E-state index contributed by atoms with van der Waals surface area (Å²) in [5.74, 6) is 0. The van der Waals surface area contributed by atoms with E-state index in [0.717, 1.165) is 16.0 Å². The highest BCUT2D eigenvalue weighted by Crippen LogP contribution is 2.31. The summed E-state index contributed by atoms with van der Waals surface area (Å²) >= 11 is 9.65. The first kappa shape index (κ1) is 16.3. The van der Waals surface area contributed by atoms with Crippen molar-refractivity contribution < 1.29 is 0 Å². The van der Waals surface area contributed by atoms with Gasteiger partial charge in [0.05, 0.1) is 6.04 Å². The van der Waals surface area contributed by atoms with Gasteiger partial charge < -0.3 is 10.2 Å². The van der Waals surface area contributed by atoms with Gasteiger partial charge in [-0.3, -0.25) is 0 Å². The maximum absolute atomic E-state index is 6.11. The largest absolute Gasteiger partial charge is 0.368 e. The first-order chi connectivity index (χ1) is 10.0. The minimum absolute atomic E-state index is 0.250. The van der Waals surface area contributed by atoms with Crippen LogP contribution >= 0.6 is 27.5 Å². The Hall–Kier alpha value is -1.03. The topological polar surface area (TPSA) is 15.3 Å². The summed E-state index contributed by atoms with van der Waals surface area (Å²) in [4.78, 5) is 2.28. The quantitative estimate of drug-likeness (QED) is 0.798. The average molecular weight is 368 g/mol. The van der Waals surface area contributed by atoms with Crippen molar-refractivity contribution in [3.05, 3.63) is 63.1 Å². The normalized spacial score (nSPS) is 12.2. The van der Waals surface area contributed by atoms with Crippen LogP contribution in [0.1, 0.15) is 24.1 Å².